The predicted octanol–water partition coefficient (Wildman–Crippen LogP) is 3.88. The zero-order chi connectivity index (χ0) is 7.28. The Morgan fingerprint density at radius 2 is 1.90 bits per heavy atom. The van der Waals surface area contributed by atoms with E-state index in [0.717, 1.165) is 11.8 Å². The molecule has 0 saturated carbocycles. The molecule has 0 heteroatoms. The van der Waals surface area contributed by atoms with E-state index in [1.165, 1.54) is 12.8 Å². The molecule has 0 aromatic carbocycles. The second-order valence-electron chi connectivity index (χ2n) is 2.94. The van der Waals surface area contributed by atoms with Gasteiger partial charge in [0.15, 0.2) is 0 Å². The summed E-state index contributed by atoms with van der Waals surface area (Å²) in [7, 11) is 0. The molecule has 0 aliphatic heterocycles. The monoisotopic (exact) mass is 142 g/mol. The average Bonchev–Trinajstić information content (AvgIpc) is 1.82. The lowest BCUT2D eigenvalue weighted by atomic mass is 9.90. The number of hydrogen-bond donors (Lipinski definition) is 0. The smallest absolute Gasteiger partial charge is 0.0323 e. The molecule has 0 spiro atoms. The highest BCUT2D eigenvalue weighted by molar-refractivity contribution is 4.73. The fourth-order valence-corrected chi connectivity index (χ4v) is 1.12. The van der Waals surface area contributed by atoms with Crippen LogP contribution in [-0.4, -0.2) is 0 Å². The summed E-state index contributed by atoms with van der Waals surface area (Å²) in [6, 6.07) is 0. The van der Waals surface area contributed by atoms with E-state index in [1.54, 1.807) is 0 Å². The molecule has 0 heterocycles. The summed E-state index contributed by atoms with van der Waals surface area (Å²) < 4.78 is 0. The third-order valence-electron chi connectivity index (χ3n) is 1.94. The molecule has 62 valence electrons. The third-order valence-corrected chi connectivity index (χ3v) is 1.94. The Labute approximate surface area is 66.3 Å². The number of rotatable bonds is 4. The first-order chi connectivity index (χ1) is 4.22. The quantitative estimate of drug-likeness (QED) is 0.522. The molecular weight excluding hydrogens is 120 g/mol. The summed E-state index contributed by atoms with van der Waals surface area (Å²) in [5.41, 5.74) is 0. The van der Waals surface area contributed by atoms with Crippen LogP contribution < -0.4 is 0 Å². The molecule has 0 N–H and O–H groups in total. The normalized spacial score (nSPS) is 12.4. The van der Waals surface area contributed by atoms with Crippen LogP contribution in [0.2, 0.25) is 0 Å². The van der Waals surface area contributed by atoms with Gasteiger partial charge >= 0.3 is 0 Å². The van der Waals surface area contributed by atoms with Gasteiger partial charge in [-0.05, 0) is 18.3 Å². The maximum Gasteiger partial charge on any atom is -0.0323 e. The highest BCUT2D eigenvalue weighted by atomic mass is 14.1. The predicted molar refractivity (Wildman–Crippen MR) is 50.2 cm³/mol. The second kappa shape index (κ2) is 6.85. The standard InChI is InChI=1S/C9H18.CH4/c1-5-7-9(6-2)8(3)4;/h5,8-9H,1,6-7H2,2-4H3;1H4/t9-;/m0./s1. The van der Waals surface area contributed by atoms with E-state index >= 15 is 0 Å². The van der Waals surface area contributed by atoms with Gasteiger partial charge in [-0.1, -0.05) is 40.7 Å². The Morgan fingerprint density at radius 3 is 2.00 bits per heavy atom. The van der Waals surface area contributed by atoms with Crippen molar-refractivity contribution >= 4 is 0 Å². The van der Waals surface area contributed by atoms with Crippen LogP contribution in [0.5, 0.6) is 0 Å². The first-order valence-corrected chi connectivity index (χ1v) is 3.83. The Kier molecular flexibility index (Phi) is 8.51. The minimum absolute atomic E-state index is 0. The Bertz CT molecular complexity index is 72.1. The molecule has 0 fully saturated rings. The molecule has 0 unspecified atom stereocenters. The fourth-order valence-electron chi connectivity index (χ4n) is 1.12. The third kappa shape index (κ3) is 4.60. The van der Waals surface area contributed by atoms with E-state index in [2.05, 4.69) is 27.4 Å². The van der Waals surface area contributed by atoms with Crippen LogP contribution in [0.15, 0.2) is 12.7 Å². The van der Waals surface area contributed by atoms with Gasteiger partial charge in [0.1, 0.15) is 0 Å². The van der Waals surface area contributed by atoms with E-state index in [-0.39, 0.29) is 7.43 Å². The van der Waals surface area contributed by atoms with Gasteiger partial charge in [-0.25, -0.2) is 0 Å². The zero-order valence-electron chi connectivity index (χ0n) is 6.85. The first-order valence-electron chi connectivity index (χ1n) is 3.83. The summed E-state index contributed by atoms with van der Waals surface area (Å²) in [5, 5.41) is 0. The van der Waals surface area contributed by atoms with Gasteiger partial charge in [0.2, 0.25) is 0 Å². The van der Waals surface area contributed by atoms with Gasteiger partial charge in [0.25, 0.3) is 0 Å². The molecule has 0 amide bonds. The lowest BCUT2D eigenvalue weighted by Crippen LogP contribution is -2.05. The average molecular weight is 142 g/mol. The SMILES string of the molecule is C.C=CC[C@H](CC)C(C)C. The van der Waals surface area contributed by atoms with Crippen LogP contribution in [0.25, 0.3) is 0 Å². The van der Waals surface area contributed by atoms with Crippen LogP contribution in [0.4, 0.5) is 0 Å². The molecule has 10 heavy (non-hydrogen) atoms. The highest BCUT2D eigenvalue weighted by Gasteiger charge is 2.07. The van der Waals surface area contributed by atoms with Crippen molar-refractivity contribution in [3.05, 3.63) is 12.7 Å². The molecule has 0 rings (SSSR count). The molecule has 0 aliphatic carbocycles. The second-order valence-corrected chi connectivity index (χ2v) is 2.94. The summed E-state index contributed by atoms with van der Waals surface area (Å²) >= 11 is 0. The van der Waals surface area contributed by atoms with Crippen molar-refractivity contribution in [1.29, 1.82) is 0 Å². The number of allylic oxidation sites excluding steroid dienone is 1. The summed E-state index contributed by atoms with van der Waals surface area (Å²) in [5.74, 6) is 1.66. The summed E-state index contributed by atoms with van der Waals surface area (Å²) in [6.45, 7) is 10.5. The van der Waals surface area contributed by atoms with Crippen molar-refractivity contribution < 1.29 is 0 Å². The molecule has 0 nitrogen and oxygen atoms in total. The Hall–Kier alpha value is -0.260. The molecule has 0 radical (unpaired) electrons. The maximum atomic E-state index is 3.73. The zero-order valence-corrected chi connectivity index (χ0v) is 6.85. The van der Waals surface area contributed by atoms with Crippen molar-refractivity contribution in [2.75, 3.05) is 0 Å². The van der Waals surface area contributed by atoms with Gasteiger partial charge in [0, 0.05) is 0 Å². The topological polar surface area (TPSA) is 0 Å². The van der Waals surface area contributed by atoms with Crippen LogP contribution >= 0.6 is 0 Å². The minimum atomic E-state index is 0. The van der Waals surface area contributed by atoms with Crippen molar-refractivity contribution in [3.8, 4) is 0 Å². The molecular formula is C10H22. The first kappa shape index (κ1) is 12.4. The van der Waals surface area contributed by atoms with E-state index in [0.29, 0.717) is 0 Å². The Balaban J connectivity index is 0. The van der Waals surface area contributed by atoms with Crippen LogP contribution in [0.1, 0.15) is 41.0 Å². The molecule has 0 bridgehead atoms. The van der Waals surface area contributed by atoms with Crippen LogP contribution in [-0.2, 0) is 0 Å². The van der Waals surface area contributed by atoms with E-state index < -0.39 is 0 Å². The van der Waals surface area contributed by atoms with Crippen molar-refractivity contribution in [2.24, 2.45) is 11.8 Å². The molecule has 0 aliphatic rings. The maximum absolute atomic E-state index is 3.73. The van der Waals surface area contributed by atoms with Crippen LogP contribution in [0, 0.1) is 11.8 Å². The highest BCUT2D eigenvalue weighted by Crippen LogP contribution is 2.18. The van der Waals surface area contributed by atoms with Gasteiger partial charge in [-0.15, -0.1) is 6.58 Å². The fraction of sp³-hybridized carbons (Fsp3) is 0.800. The van der Waals surface area contributed by atoms with Crippen molar-refractivity contribution in [3.63, 3.8) is 0 Å². The molecule has 0 aromatic rings. The number of hydrogen-bond acceptors (Lipinski definition) is 0. The Morgan fingerprint density at radius 1 is 1.40 bits per heavy atom. The lowest BCUT2D eigenvalue weighted by Gasteiger charge is -2.15. The van der Waals surface area contributed by atoms with Gasteiger partial charge in [-0.3, -0.25) is 0 Å². The lowest BCUT2D eigenvalue weighted by molar-refractivity contribution is 0.377. The van der Waals surface area contributed by atoms with Crippen LogP contribution in [0.3, 0.4) is 0 Å². The van der Waals surface area contributed by atoms with Gasteiger partial charge in [-0.2, -0.15) is 0 Å². The molecule has 1 atom stereocenters. The van der Waals surface area contributed by atoms with Crippen molar-refractivity contribution in [2.45, 2.75) is 41.0 Å². The minimum Gasteiger partial charge on any atom is -0.103 e. The summed E-state index contributed by atoms with van der Waals surface area (Å²) in [6.07, 6.45) is 4.48. The van der Waals surface area contributed by atoms with Crippen molar-refractivity contribution in [1.82, 2.24) is 0 Å². The van der Waals surface area contributed by atoms with E-state index in [1.807, 2.05) is 6.08 Å². The molecule has 0 saturated heterocycles. The van der Waals surface area contributed by atoms with Gasteiger partial charge < -0.3 is 0 Å². The van der Waals surface area contributed by atoms with E-state index in [4.69, 9.17) is 0 Å². The van der Waals surface area contributed by atoms with E-state index in [9.17, 15) is 0 Å². The molecule has 0 aromatic heterocycles. The largest absolute Gasteiger partial charge is 0.103 e. The summed E-state index contributed by atoms with van der Waals surface area (Å²) in [4.78, 5) is 0. The van der Waals surface area contributed by atoms with Gasteiger partial charge in [0.05, 0.1) is 0 Å².